The Morgan fingerprint density at radius 3 is 1.62 bits per heavy atom. The van der Waals surface area contributed by atoms with Crippen LogP contribution in [0.25, 0.3) is 0 Å². The fraction of sp³-hybridized carbons (Fsp3) is 0.333. The molecule has 0 aromatic heterocycles. The van der Waals surface area contributed by atoms with Gasteiger partial charge < -0.3 is 0 Å². The molecule has 0 amide bonds. The van der Waals surface area contributed by atoms with Gasteiger partial charge in [0.1, 0.15) is 0 Å². The first kappa shape index (κ1) is 21.2. The fourth-order valence-corrected chi connectivity index (χ4v) is 10.9. The second-order valence-corrected chi connectivity index (χ2v) is 15.8. The van der Waals surface area contributed by atoms with Crippen LogP contribution in [0.3, 0.4) is 0 Å². The molecule has 3 nitrogen and oxygen atoms in total. The van der Waals surface area contributed by atoms with Gasteiger partial charge in [0.25, 0.3) is 0 Å². The van der Waals surface area contributed by atoms with Crippen LogP contribution in [-0.4, -0.2) is 16.2 Å². The van der Waals surface area contributed by atoms with Crippen LogP contribution < -0.4 is 19.0 Å². The van der Waals surface area contributed by atoms with Crippen molar-refractivity contribution >= 4 is 10.1 Å². The predicted molar refractivity (Wildman–Crippen MR) is 89.5 cm³/mol. The van der Waals surface area contributed by atoms with Crippen LogP contribution >= 0.6 is 0 Å². The van der Waals surface area contributed by atoms with E-state index in [-0.39, 0.29) is 5.41 Å². The van der Waals surface area contributed by atoms with Crippen molar-refractivity contribution in [3.63, 3.8) is 0 Å². The minimum atomic E-state index is -6.26. The molecule has 0 aliphatic carbocycles. The van der Waals surface area contributed by atoms with Crippen molar-refractivity contribution in [3.05, 3.63) is 66.8 Å². The summed E-state index contributed by atoms with van der Waals surface area (Å²) in [5, 5.41) is 0. The topological polar surface area (TPSA) is 57.2 Å². The van der Waals surface area contributed by atoms with E-state index in [2.05, 4.69) is 0 Å². The Kier molecular flexibility index (Phi) is 5.53. The van der Waals surface area contributed by atoms with Crippen molar-refractivity contribution in [1.82, 2.24) is 0 Å². The molecule has 0 heterocycles. The number of hydrogen-bond donors (Lipinski definition) is 0. The average Bonchev–Trinajstić information content (AvgIpc) is 2.53. The normalized spacial score (nSPS) is 16.8. The third kappa shape index (κ3) is 3.63. The summed E-state index contributed by atoms with van der Waals surface area (Å²) >= 11 is -6.26. The van der Waals surface area contributed by atoms with Gasteiger partial charge in [0.05, 0.1) is 0 Å². The number of rotatable bonds is 4. The number of benzene rings is 2. The number of alkyl halides is 3. The molecule has 0 fully saturated rings. The molecule has 2 aromatic rings. The Morgan fingerprint density at radius 2 is 1.27 bits per heavy atom. The molecule has 8 heteroatoms. The molecule has 2 rings (SSSR count). The van der Waals surface area contributed by atoms with Crippen LogP contribution in [0.2, 0.25) is 0 Å². The van der Waals surface area contributed by atoms with E-state index in [1.54, 1.807) is 6.92 Å². The first-order chi connectivity index (χ1) is 11.7. The molecule has 0 spiro atoms. The Morgan fingerprint density at radius 1 is 0.885 bits per heavy atom. The van der Waals surface area contributed by atoms with Crippen LogP contribution in [0, 0.1) is 14.1 Å². The summed E-state index contributed by atoms with van der Waals surface area (Å²) in [5.74, 6) is 0. The first-order valence-electron chi connectivity index (χ1n) is 7.68. The van der Waals surface area contributed by atoms with Crippen LogP contribution in [0.1, 0.15) is 31.9 Å². The van der Waals surface area contributed by atoms with Gasteiger partial charge in [-0.15, -0.1) is 0 Å². The zero-order valence-corrected chi connectivity index (χ0v) is 17.7. The molecule has 26 heavy (non-hydrogen) atoms. The standard InChI is InChI=1S/C18H21F3IO3S/c1-13-5-9-15(10-6-13)22(21,18(19,20)26(23,24)25)16-11-7-14(8-12-16)17(2,3)4/h5-12H,1-4H3,(H,23,24,25)/q-1/p-1. The Balaban J connectivity index is 2.75. The van der Waals surface area contributed by atoms with E-state index in [4.69, 9.17) is 0 Å². The quantitative estimate of drug-likeness (QED) is 0.363. The third-order valence-corrected chi connectivity index (χ3v) is 14.1. The van der Waals surface area contributed by atoms with E-state index in [1.807, 2.05) is 20.8 Å². The van der Waals surface area contributed by atoms with Crippen LogP contribution in [0.5, 0.6) is 0 Å². The molecule has 1 unspecified atom stereocenters. The maximum atomic E-state index is 15.9. The second kappa shape index (κ2) is 6.79. The zero-order chi connectivity index (χ0) is 20.0. The van der Waals surface area contributed by atoms with Crippen molar-refractivity contribution in [2.45, 2.75) is 36.4 Å². The van der Waals surface area contributed by atoms with Crippen molar-refractivity contribution in [1.29, 1.82) is 0 Å². The van der Waals surface area contributed by atoms with E-state index in [9.17, 15) is 21.8 Å². The van der Waals surface area contributed by atoms with Gasteiger partial charge in [0.15, 0.2) is 0 Å². The van der Waals surface area contributed by atoms with Crippen molar-refractivity contribution < 1.29 is 43.6 Å². The summed E-state index contributed by atoms with van der Waals surface area (Å²) in [6.07, 6.45) is 0. The SMILES string of the molecule is Cc1ccc([I-](F)(c2ccc(C(C)(C)C)cc2)C(F)(F)S(=O)(=O)[O-])cc1. The summed E-state index contributed by atoms with van der Waals surface area (Å²) in [6, 6.07) is 10.5. The number of halogens is 4. The Labute approximate surface area is 156 Å². The van der Waals surface area contributed by atoms with Gasteiger partial charge in [0, 0.05) is 0 Å². The van der Waals surface area contributed by atoms with Crippen molar-refractivity contribution in [2.24, 2.45) is 0 Å². The van der Waals surface area contributed by atoms with Crippen LogP contribution in [0.4, 0.5) is 11.6 Å². The van der Waals surface area contributed by atoms with E-state index in [0.717, 1.165) is 17.7 Å². The summed E-state index contributed by atoms with van der Waals surface area (Å²) in [4.78, 5) is 0. The van der Waals surface area contributed by atoms with Crippen LogP contribution in [0.15, 0.2) is 48.5 Å². The van der Waals surface area contributed by atoms with Crippen LogP contribution in [-0.2, 0) is 15.5 Å². The van der Waals surface area contributed by atoms with Gasteiger partial charge in [-0.1, -0.05) is 0 Å². The molecule has 146 valence electrons. The third-order valence-electron chi connectivity index (χ3n) is 3.91. The molecule has 0 saturated carbocycles. The van der Waals surface area contributed by atoms with Crippen molar-refractivity contribution in [3.8, 4) is 0 Å². The molecule has 0 bridgehead atoms. The molecule has 2 aromatic carbocycles. The molecular formula is C18H20F3IO3S-2. The van der Waals surface area contributed by atoms with E-state index >= 15 is 2.86 Å². The Hall–Kier alpha value is -1.13. The van der Waals surface area contributed by atoms with Gasteiger partial charge in [-0.2, -0.15) is 0 Å². The summed E-state index contributed by atoms with van der Waals surface area (Å²) in [5.41, 5.74) is 1.19. The van der Waals surface area contributed by atoms with E-state index in [1.165, 1.54) is 36.4 Å². The monoisotopic (exact) mass is 500 g/mol. The summed E-state index contributed by atoms with van der Waals surface area (Å²) < 4.78 is 73.0. The predicted octanol–water partition coefficient (Wildman–Crippen LogP) is 1.47. The number of aryl methyl sites for hydroxylation is 1. The number of hydrogen-bond acceptors (Lipinski definition) is 3. The van der Waals surface area contributed by atoms with Gasteiger partial charge >= 0.3 is 157 Å². The minimum absolute atomic E-state index is 0.291. The second-order valence-electron chi connectivity index (χ2n) is 6.95. The van der Waals surface area contributed by atoms with Gasteiger partial charge in [-0.05, 0) is 0 Å². The summed E-state index contributed by atoms with van der Waals surface area (Å²) in [7, 11) is -6.18. The molecule has 0 radical (unpaired) electrons. The van der Waals surface area contributed by atoms with Crippen molar-refractivity contribution in [2.75, 3.05) is 0 Å². The van der Waals surface area contributed by atoms with Gasteiger partial charge in [-0.3, -0.25) is 0 Å². The average molecular weight is 500 g/mol. The van der Waals surface area contributed by atoms with Gasteiger partial charge in [0.2, 0.25) is 0 Å². The first-order valence-corrected chi connectivity index (χ1v) is 13.1. The molecule has 0 aliphatic rings. The molecular weight excluding hydrogens is 480 g/mol. The molecule has 0 aliphatic heterocycles. The zero-order valence-electron chi connectivity index (χ0n) is 14.8. The van der Waals surface area contributed by atoms with E-state index < -0.39 is 39.5 Å². The van der Waals surface area contributed by atoms with E-state index in [0.29, 0.717) is 5.56 Å². The Bertz CT molecular complexity index is 889. The maximum absolute atomic E-state index is 15.9. The fourth-order valence-electron chi connectivity index (χ4n) is 2.34. The summed E-state index contributed by atoms with van der Waals surface area (Å²) in [6.45, 7) is 7.41. The molecule has 0 saturated heterocycles. The van der Waals surface area contributed by atoms with Gasteiger partial charge in [-0.25, -0.2) is 0 Å². The molecule has 1 atom stereocenters. The molecule has 0 N–H and O–H groups in total.